The molecule has 0 fully saturated rings. The van der Waals surface area contributed by atoms with Crippen LogP contribution in [0.25, 0.3) is 17.1 Å². The van der Waals surface area contributed by atoms with Gasteiger partial charge in [0.15, 0.2) is 11.4 Å². The lowest BCUT2D eigenvalue weighted by atomic mass is 10.1. The average Bonchev–Trinajstić information content (AvgIpc) is 3.07. The van der Waals surface area contributed by atoms with Gasteiger partial charge in [-0.25, -0.2) is 0 Å². The van der Waals surface area contributed by atoms with Gasteiger partial charge in [0.25, 0.3) is 5.56 Å². The fourth-order valence-corrected chi connectivity index (χ4v) is 2.09. The molecular formula is C13H10N4O2. The zero-order chi connectivity index (χ0) is 13.4. The molecule has 6 nitrogen and oxygen atoms in total. The van der Waals surface area contributed by atoms with Gasteiger partial charge in [-0.3, -0.25) is 4.79 Å². The molecule has 0 spiro atoms. The molecule has 3 aromatic heterocycles. The summed E-state index contributed by atoms with van der Waals surface area (Å²) >= 11 is 0. The van der Waals surface area contributed by atoms with Gasteiger partial charge < -0.3 is 9.40 Å². The molecule has 1 N–H and O–H groups in total. The molecule has 3 rings (SSSR count). The van der Waals surface area contributed by atoms with Crippen LogP contribution >= 0.6 is 0 Å². The van der Waals surface area contributed by atoms with Crippen molar-refractivity contribution < 1.29 is 4.42 Å². The van der Waals surface area contributed by atoms with Gasteiger partial charge in [0.2, 0.25) is 0 Å². The fourth-order valence-electron chi connectivity index (χ4n) is 2.09. The van der Waals surface area contributed by atoms with Crippen molar-refractivity contribution in [2.24, 2.45) is 0 Å². The largest absolute Gasteiger partial charge is 0.463 e. The first-order chi connectivity index (χ1) is 9.26. The fraction of sp³-hybridized carbons (Fsp3) is 0.154. The smallest absolute Gasteiger partial charge is 0.278 e. The predicted octanol–water partition coefficient (Wildman–Crippen LogP) is 1.72. The molecule has 0 bridgehead atoms. The van der Waals surface area contributed by atoms with Crippen LogP contribution in [0.3, 0.4) is 0 Å². The maximum Gasteiger partial charge on any atom is 0.278 e. The molecule has 6 heteroatoms. The van der Waals surface area contributed by atoms with Crippen molar-refractivity contribution in [3.63, 3.8) is 0 Å². The Morgan fingerprint density at radius 2 is 2.42 bits per heavy atom. The summed E-state index contributed by atoms with van der Waals surface area (Å²) in [6.07, 6.45) is 3.46. The summed E-state index contributed by atoms with van der Waals surface area (Å²) in [4.78, 5) is 15.4. The maximum absolute atomic E-state index is 12.3. The van der Waals surface area contributed by atoms with Gasteiger partial charge in [0.05, 0.1) is 18.2 Å². The van der Waals surface area contributed by atoms with Crippen molar-refractivity contribution in [2.45, 2.75) is 13.3 Å². The third-order valence-corrected chi connectivity index (χ3v) is 3.01. The van der Waals surface area contributed by atoms with Crippen LogP contribution in [-0.2, 0) is 6.42 Å². The van der Waals surface area contributed by atoms with Gasteiger partial charge >= 0.3 is 0 Å². The number of fused-ring (bicyclic) bond motifs is 1. The molecule has 0 aliphatic carbocycles. The van der Waals surface area contributed by atoms with Crippen LogP contribution in [0.5, 0.6) is 0 Å². The monoisotopic (exact) mass is 254 g/mol. The number of nitrogens with zero attached hydrogens (tertiary/aromatic N) is 3. The lowest BCUT2D eigenvalue weighted by Gasteiger charge is -2.06. The minimum Gasteiger partial charge on any atom is -0.463 e. The summed E-state index contributed by atoms with van der Waals surface area (Å²) in [5, 5.41) is 13.0. The lowest BCUT2D eigenvalue weighted by Crippen LogP contribution is -2.21. The Balaban J connectivity index is 2.44. The summed E-state index contributed by atoms with van der Waals surface area (Å²) in [6, 6.07) is 5.52. The van der Waals surface area contributed by atoms with E-state index in [0.717, 1.165) is 0 Å². The molecule has 3 aromatic rings. The second-order valence-electron chi connectivity index (χ2n) is 4.05. The van der Waals surface area contributed by atoms with Crippen LogP contribution in [0.1, 0.15) is 18.1 Å². The zero-order valence-corrected chi connectivity index (χ0v) is 10.2. The first kappa shape index (κ1) is 11.3. The molecule has 0 saturated heterocycles. The van der Waals surface area contributed by atoms with Gasteiger partial charge in [-0.15, -0.1) is 0 Å². The highest BCUT2D eigenvalue weighted by molar-refractivity contribution is 5.63. The average molecular weight is 254 g/mol. The minimum atomic E-state index is -0.232. The Morgan fingerprint density at radius 3 is 3.05 bits per heavy atom. The second-order valence-corrected chi connectivity index (χ2v) is 4.05. The predicted molar refractivity (Wildman–Crippen MR) is 67.6 cm³/mol. The topological polar surface area (TPSA) is 87.1 Å². The molecule has 0 atom stereocenters. The van der Waals surface area contributed by atoms with Crippen molar-refractivity contribution in [3.8, 4) is 17.5 Å². The van der Waals surface area contributed by atoms with Gasteiger partial charge in [0, 0.05) is 5.56 Å². The van der Waals surface area contributed by atoms with Crippen molar-refractivity contribution in [2.75, 3.05) is 0 Å². The summed E-state index contributed by atoms with van der Waals surface area (Å²) in [7, 11) is 0. The van der Waals surface area contributed by atoms with Crippen LogP contribution in [-0.4, -0.2) is 14.6 Å². The standard InChI is InChI=1S/C13H10N4O2/c1-2-9-11(10-4-3-5-19-10)16-12-8(6-14)7-15-17(12)13(9)18/h3-5,7,16H,2H2,1H3. The van der Waals surface area contributed by atoms with Crippen LogP contribution in [0.4, 0.5) is 0 Å². The number of furan rings is 1. The number of rotatable bonds is 2. The molecule has 0 saturated carbocycles. The van der Waals surface area contributed by atoms with E-state index in [1.54, 1.807) is 18.4 Å². The van der Waals surface area contributed by atoms with Crippen LogP contribution in [0.2, 0.25) is 0 Å². The Bertz CT molecular complexity index is 834. The Labute approximate surface area is 107 Å². The minimum absolute atomic E-state index is 0.232. The molecule has 0 aliphatic rings. The van der Waals surface area contributed by atoms with Gasteiger partial charge in [-0.1, -0.05) is 6.92 Å². The van der Waals surface area contributed by atoms with E-state index in [-0.39, 0.29) is 5.56 Å². The number of nitriles is 1. The van der Waals surface area contributed by atoms with Crippen LogP contribution < -0.4 is 5.56 Å². The second kappa shape index (κ2) is 4.14. The molecule has 0 unspecified atom stereocenters. The molecule has 0 radical (unpaired) electrons. The number of aromatic nitrogens is 3. The lowest BCUT2D eigenvalue weighted by molar-refractivity contribution is 0.578. The van der Waals surface area contributed by atoms with E-state index >= 15 is 0 Å². The van der Waals surface area contributed by atoms with E-state index in [2.05, 4.69) is 10.1 Å². The molecule has 19 heavy (non-hydrogen) atoms. The molecule has 94 valence electrons. The van der Waals surface area contributed by atoms with Gasteiger partial charge in [0.1, 0.15) is 11.6 Å². The zero-order valence-electron chi connectivity index (χ0n) is 10.2. The molecule has 0 aromatic carbocycles. The maximum atomic E-state index is 12.3. The van der Waals surface area contributed by atoms with E-state index in [0.29, 0.717) is 34.6 Å². The number of hydrogen-bond acceptors (Lipinski definition) is 4. The Morgan fingerprint density at radius 1 is 1.58 bits per heavy atom. The molecular weight excluding hydrogens is 244 g/mol. The number of nitrogens with one attached hydrogen (secondary N) is 1. The highest BCUT2D eigenvalue weighted by Crippen LogP contribution is 2.21. The van der Waals surface area contributed by atoms with Crippen molar-refractivity contribution >= 4 is 5.65 Å². The van der Waals surface area contributed by atoms with Crippen molar-refractivity contribution in [1.29, 1.82) is 5.26 Å². The van der Waals surface area contributed by atoms with Gasteiger partial charge in [-0.2, -0.15) is 14.9 Å². The third-order valence-electron chi connectivity index (χ3n) is 3.01. The molecule has 0 aliphatic heterocycles. The molecule has 3 heterocycles. The Hall–Kier alpha value is -2.81. The molecule has 0 amide bonds. The van der Waals surface area contributed by atoms with E-state index in [9.17, 15) is 4.79 Å². The first-order valence-electron chi connectivity index (χ1n) is 5.83. The van der Waals surface area contributed by atoms with E-state index in [1.165, 1.54) is 10.7 Å². The normalized spacial score (nSPS) is 10.7. The van der Waals surface area contributed by atoms with Crippen LogP contribution in [0, 0.1) is 11.3 Å². The first-order valence-corrected chi connectivity index (χ1v) is 5.83. The number of H-pyrrole nitrogens is 1. The van der Waals surface area contributed by atoms with Crippen molar-refractivity contribution in [3.05, 3.63) is 46.1 Å². The van der Waals surface area contributed by atoms with Crippen LogP contribution in [0.15, 0.2) is 33.8 Å². The van der Waals surface area contributed by atoms with E-state index in [4.69, 9.17) is 9.68 Å². The SMILES string of the molecule is CCc1c(-c2ccco2)[nH]c2c(C#N)cnn2c1=O. The quantitative estimate of drug-likeness (QED) is 0.754. The highest BCUT2D eigenvalue weighted by Gasteiger charge is 2.16. The summed E-state index contributed by atoms with van der Waals surface area (Å²) in [5.41, 5.74) is 1.66. The third kappa shape index (κ3) is 1.56. The van der Waals surface area contributed by atoms with Gasteiger partial charge in [-0.05, 0) is 18.6 Å². The van der Waals surface area contributed by atoms with Crippen molar-refractivity contribution in [1.82, 2.24) is 14.6 Å². The van der Waals surface area contributed by atoms with E-state index < -0.39 is 0 Å². The highest BCUT2D eigenvalue weighted by atomic mass is 16.3. The number of hydrogen-bond donors (Lipinski definition) is 1. The Kier molecular flexibility index (Phi) is 2.46. The number of aromatic amines is 1. The summed E-state index contributed by atoms with van der Waals surface area (Å²) < 4.78 is 6.55. The summed E-state index contributed by atoms with van der Waals surface area (Å²) in [5.74, 6) is 0.571. The summed E-state index contributed by atoms with van der Waals surface area (Å²) in [6.45, 7) is 1.89. The van der Waals surface area contributed by atoms with E-state index in [1.807, 2.05) is 13.0 Å².